The summed E-state index contributed by atoms with van der Waals surface area (Å²) in [5, 5.41) is 2.62. The first-order valence-electron chi connectivity index (χ1n) is 7.88. The zero-order valence-corrected chi connectivity index (χ0v) is 13.5. The van der Waals surface area contributed by atoms with Crippen LogP contribution in [0.5, 0.6) is 0 Å². The lowest BCUT2D eigenvalue weighted by Gasteiger charge is -2.08. The summed E-state index contributed by atoms with van der Waals surface area (Å²) >= 11 is 0. The average molecular weight is 319 g/mol. The maximum absolute atomic E-state index is 12.6. The summed E-state index contributed by atoms with van der Waals surface area (Å²) in [5.74, 6) is 0.461. The number of rotatable bonds is 1. The van der Waals surface area contributed by atoms with Crippen molar-refractivity contribution in [2.24, 2.45) is 0 Å². The lowest BCUT2D eigenvalue weighted by Crippen LogP contribution is -2.13. The van der Waals surface area contributed by atoms with Crippen LogP contribution in [0.4, 0.5) is 10.6 Å². The Balaban J connectivity index is 2.28. The van der Waals surface area contributed by atoms with Crippen LogP contribution in [0.25, 0.3) is 32.7 Å². The van der Waals surface area contributed by atoms with Gasteiger partial charge in [-0.2, -0.15) is 0 Å². The molecule has 0 saturated heterocycles. The van der Waals surface area contributed by atoms with E-state index in [2.05, 4.69) is 4.98 Å². The molecular weight excluding hydrogens is 302 g/mol. The van der Waals surface area contributed by atoms with Gasteiger partial charge in [-0.25, -0.2) is 14.3 Å². The molecule has 0 aliphatic rings. The molecule has 0 amide bonds. The molecule has 120 valence electrons. The van der Waals surface area contributed by atoms with Crippen molar-refractivity contribution in [1.82, 2.24) is 9.55 Å². The molecule has 0 radical (unpaired) electrons. The number of nitrogens with zero attached hydrogens (tertiary/aromatic N) is 2. The first kappa shape index (κ1) is 14.5. The summed E-state index contributed by atoms with van der Waals surface area (Å²) < 4.78 is 6.88. The highest BCUT2D eigenvalue weighted by atomic mass is 16.5. The Morgan fingerprint density at radius 2 is 1.92 bits per heavy atom. The SMILES string of the molecule is CCOC(=O)n1c2ccc(C)cc2c2nc(N)c3ccccc3c21. The summed E-state index contributed by atoms with van der Waals surface area (Å²) in [7, 11) is 0. The van der Waals surface area contributed by atoms with Gasteiger partial charge in [0.15, 0.2) is 0 Å². The molecular formula is C19H17N3O2. The van der Waals surface area contributed by atoms with Gasteiger partial charge < -0.3 is 10.5 Å². The Bertz CT molecular complexity index is 1110. The lowest BCUT2D eigenvalue weighted by atomic mass is 10.1. The lowest BCUT2D eigenvalue weighted by molar-refractivity contribution is 0.156. The molecule has 4 rings (SSSR count). The Labute approximate surface area is 138 Å². The fourth-order valence-corrected chi connectivity index (χ4v) is 3.22. The second-order valence-corrected chi connectivity index (χ2v) is 5.79. The minimum absolute atomic E-state index is 0.312. The second-order valence-electron chi connectivity index (χ2n) is 5.79. The number of pyridine rings is 1. The topological polar surface area (TPSA) is 70.1 Å². The Hall–Kier alpha value is -3.08. The van der Waals surface area contributed by atoms with Crippen molar-refractivity contribution in [2.45, 2.75) is 13.8 Å². The zero-order chi connectivity index (χ0) is 16.8. The largest absolute Gasteiger partial charge is 0.449 e. The number of ether oxygens (including phenoxy) is 1. The van der Waals surface area contributed by atoms with E-state index in [1.54, 1.807) is 11.5 Å². The number of carbonyl (C=O) groups is 1. The molecule has 2 heterocycles. The number of hydrogen-bond acceptors (Lipinski definition) is 4. The van der Waals surface area contributed by atoms with Crippen LogP contribution in [-0.4, -0.2) is 22.3 Å². The number of carbonyl (C=O) groups excluding carboxylic acids is 1. The second kappa shape index (κ2) is 5.23. The fourth-order valence-electron chi connectivity index (χ4n) is 3.22. The number of hydrogen-bond donors (Lipinski definition) is 1. The number of aromatic nitrogens is 2. The van der Waals surface area contributed by atoms with Crippen molar-refractivity contribution in [2.75, 3.05) is 12.3 Å². The predicted molar refractivity (Wildman–Crippen MR) is 96.3 cm³/mol. The fraction of sp³-hybridized carbons (Fsp3) is 0.158. The maximum Gasteiger partial charge on any atom is 0.419 e. The number of aryl methyl sites for hydroxylation is 1. The zero-order valence-electron chi connectivity index (χ0n) is 13.5. The van der Waals surface area contributed by atoms with E-state index in [1.165, 1.54) is 0 Å². The molecule has 0 saturated carbocycles. The van der Waals surface area contributed by atoms with Crippen LogP contribution in [0.1, 0.15) is 12.5 Å². The molecule has 0 aliphatic heterocycles. The van der Waals surface area contributed by atoms with Gasteiger partial charge in [-0.3, -0.25) is 0 Å². The van der Waals surface area contributed by atoms with Gasteiger partial charge in [-0.05, 0) is 26.0 Å². The van der Waals surface area contributed by atoms with Crippen LogP contribution in [0.3, 0.4) is 0 Å². The summed E-state index contributed by atoms with van der Waals surface area (Å²) in [6.45, 7) is 4.12. The van der Waals surface area contributed by atoms with E-state index < -0.39 is 6.09 Å². The molecule has 0 aliphatic carbocycles. The van der Waals surface area contributed by atoms with Gasteiger partial charge in [0.1, 0.15) is 5.82 Å². The van der Waals surface area contributed by atoms with Crippen LogP contribution in [-0.2, 0) is 4.74 Å². The maximum atomic E-state index is 12.6. The monoisotopic (exact) mass is 319 g/mol. The van der Waals surface area contributed by atoms with E-state index in [1.807, 2.05) is 49.4 Å². The Morgan fingerprint density at radius 3 is 2.67 bits per heavy atom. The Morgan fingerprint density at radius 1 is 1.17 bits per heavy atom. The van der Waals surface area contributed by atoms with Crippen molar-refractivity contribution in [1.29, 1.82) is 0 Å². The van der Waals surface area contributed by atoms with Gasteiger partial charge in [0.25, 0.3) is 0 Å². The van der Waals surface area contributed by atoms with E-state index in [0.29, 0.717) is 12.4 Å². The molecule has 0 bridgehead atoms. The molecule has 0 atom stereocenters. The van der Waals surface area contributed by atoms with Crippen molar-refractivity contribution >= 4 is 44.6 Å². The van der Waals surface area contributed by atoms with Crippen molar-refractivity contribution in [3.8, 4) is 0 Å². The third-order valence-corrected chi connectivity index (χ3v) is 4.24. The van der Waals surface area contributed by atoms with Gasteiger partial charge in [-0.1, -0.05) is 35.9 Å². The highest BCUT2D eigenvalue weighted by Crippen LogP contribution is 2.35. The minimum Gasteiger partial charge on any atom is -0.449 e. The quantitative estimate of drug-likeness (QED) is 0.570. The standard InChI is InChI=1S/C19H17N3O2/c1-3-24-19(23)22-15-9-8-11(2)10-14(15)16-17(22)12-6-4-5-7-13(12)18(20)21-16/h4-10H,3H2,1-2H3,(H2,20,21). The summed E-state index contributed by atoms with van der Waals surface area (Å²) in [5.41, 5.74) is 9.49. The molecule has 0 unspecified atom stereocenters. The molecule has 5 heteroatoms. The molecule has 2 N–H and O–H groups in total. The molecule has 5 nitrogen and oxygen atoms in total. The summed E-state index contributed by atoms with van der Waals surface area (Å²) in [6, 6.07) is 13.6. The molecule has 2 aromatic carbocycles. The number of anilines is 1. The highest BCUT2D eigenvalue weighted by Gasteiger charge is 2.21. The molecule has 4 aromatic rings. The van der Waals surface area contributed by atoms with E-state index >= 15 is 0 Å². The molecule has 2 aromatic heterocycles. The van der Waals surface area contributed by atoms with Gasteiger partial charge in [0, 0.05) is 16.2 Å². The van der Waals surface area contributed by atoms with Crippen molar-refractivity contribution < 1.29 is 9.53 Å². The summed E-state index contributed by atoms with van der Waals surface area (Å²) in [6.07, 6.45) is -0.405. The van der Waals surface area contributed by atoms with Crippen molar-refractivity contribution in [3.05, 3.63) is 48.0 Å². The van der Waals surface area contributed by atoms with E-state index in [0.717, 1.165) is 38.3 Å². The molecule has 0 spiro atoms. The first-order valence-corrected chi connectivity index (χ1v) is 7.88. The van der Waals surface area contributed by atoms with Crippen LogP contribution in [0.15, 0.2) is 42.5 Å². The van der Waals surface area contributed by atoms with Gasteiger partial charge in [-0.15, -0.1) is 0 Å². The van der Waals surface area contributed by atoms with Gasteiger partial charge in [0.05, 0.1) is 23.2 Å². The van der Waals surface area contributed by atoms with E-state index in [9.17, 15) is 4.79 Å². The first-order chi connectivity index (χ1) is 11.6. The molecule has 0 fully saturated rings. The number of nitrogens with two attached hydrogens (primary N) is 1. The van der Waals surface area contributed by atoms with Crippen LogP contribution in [0, 0.1) is 6.92 Å². The van der Waals surface area contributed by atoms with Crippen LogP contribution < -0.4 is 5.73 Å². The predicted octanol–water partition coefficient (Wildman–Crippen LogP) is 4.24. The number of fused-ring (bicyclic) bond motifs is 5. The number of benzene rings is 2. The third kappa shape index (κ3) is 1.94. The van der Waals surface area contributed by atoms with Crippen molar-refractivity contribution in [3.63, 3.8) is 0 Å². The van der Waals surface area contributed by atoms with Crippen LogP contribution in [0.2, 0.25) is 0 Å². The summed E-state index contributed by atoms with van der Waals surface area (Å²) in [4.78, 5) is 17.2. The smallest absolute Gasteiger partial charge is 0.419 e. The average Bonchev–Trinajstić information content (AvgIpc) is 2.89. The normalized spacial score (nSPS) is 11.4. The van der Waals surface area contributed by atoms with Crippen LogP contribution >= 0.6 is 0 Å². The molecule has 24 heavy (non-hydrogen) atoms. The van der Waals surface area contributed by atoms with E-state index in [-0.39, 0.29) is 0 Å². The van der Waals surface area contributed by atoms with E-state index in [4.69, 9.17) is 10.5 Å². The van der Waals surface area contributed by atoms with Gasteiger partial charge in [0.2, 0.25) is 0 Å². The minimum atomic E-state index is -0.405. The highest BCUT2D eigenvalue weighted by molar-refractivity contribution is 6.20. The third-order valence-electron chi connectivity index (χ3n) is 4.24. The van der Waals surface area contributed by atoms with Gasteiger partial charge >= 0.3 is 6.09 Å². The Kier molecular flexibility index (Phi) is 3.16. The number of nitrogen functional groups attached to an aromatic ring is 1.